The van der Waals surface area contributed by atoms with Gasteiger partial charge >= 0.3 is 10.4 Å². The molecule has 2 aromatic rings. The largest absolute Gasteiger partial charge is 0.500 e. The highest BCUT2D eigenvalue weighted by atomic mass is 32.3. The number of ether oxygens (including phenoxy) is 1. The van der Waals surface area contributed by atoms with Crippen molar-refractivity contribution >= 4 is 16.3 Å². The Bertz CT molecular complexity index is 1050. The molecule has 0 bridgehead atoms. The molecule has 9 heteroatoms. The monoisotopic (exact) mass is 433 g/mol. The van der Waals surface area contributed by atoms with Crippen LogP contribution >= 0.6 is 0 Å². The molecule has 0 aromatic heterocycles. The molecule has 2 aromatic carbocycles. The molecular formula is C21H23NO7S. The van der Waals surface area contributed by atoms with Crippen molar-refractivity contribution in [2.75, 3.05) is 6.54 Å². The molecular weight excluding hydrogens is 410 g/mol. The molecule has 1 N–H and O–H groups in total. The smallest absolute Gasteiger partial charge is 0.485 e. The van der Waals surface area contributed by atoms with E-state index < -0.39 is 28.1 Å². The molecule has 30 heavy (non-hydrogen) atoms. The quantitative estimate of drug-likeness (QED) is 0.773. The Balaban J connectivity index is 1.66. The van der Waals surface area contributed by atoms with Gasteiger partial charge in [-0.25, -0.2) is 0 Å². The van der Waals surface area contributed by atoms with E-state index in [2.05, 4.69) is 0 Å². The van der Waals surface area contributed by atoms with Crippen molar-refractivity contribution in [2.24, 2.45) is 0 Å². The lowest BCUT2D eigenvalue weighted by molar-refractivity contribution is -0.139. The second kappa shape index (κ2) is 7.48. The standard InChI is InChI=1S/C21H23NO7S/c1-21(2)20(24)19(22-12-6-9-18(22)23)16-13-15(10-11-17(16)27-21)29-30(25,26)28-14-7-4-3-5-8-14/h3-5,7-8,10-11,13,19-20,24H,6,9,12H2,1-2H3/t19-,20+/m0/s1. The maximum atomic E-state index is 12.4. The van der Waals surface area contributed by atoms with Gasteiger partial charge in [0.1, 0.15) is 29.0 Å². The third kappa shape index (κ3) is 3.95. The molecule has 2 heterocycles. The van der Waals surface area contributed by atoms with Gasteiger partial charge in [0.05, 0.1) is 6.04 Å². The number of aliphatic hydroxyl groups is 1. The summed E-state index contributed by atoms with van der Waals surface area (Å²) in [6, 6.07) is 11.8. The van der Waals surface area contributed by atoms with Crippen molar-refractivity contribution in [2.45, 2.75) is 44.4 Å². The van der Waals surface area contributed by atoms with E-state index in [-0.39, 0.29) is 17.4 Å². The zero-order valence-corrected chi connectivity index (χ0v) is 17.5. The summed E-state index contributed by atoms with van der Waals surface area (Å²) in [5.41, 5.74) is -0.435. The number of nitrogens with zero attached hydrogens (tertiary/aromatic N) is 1. The van der Waals surface area contributed by atoms with E-state index in [9.17, 15) is 18.3 Å². The van der Waals surface area contributed by atoms with Crippen molar-refractivity contribution in [3.63, 3.8) is 0 Å². The Labute approximate surface area is 175 Å². The fourth-order valence-corrected chi connectivity index (χ4v) is 4.55. The molecule has 0 aliphatic carbocycles. The van der Waals surface area contributed by atoms with Crippen molar-refractivity contribution in [1.82, 2.24) is 4.90 Å². The highest BCUT2D eigenvalue weighted by Crippen LogP contribution is 2.45. The van der Waals surface area contributed by atoms with Gasteiger partial charge < -0.3 is 23.1 Å². The Morgan fingerprint density at radius 1 is 1.10 bits per heavy atom. The molecule has 1 saturated heterocycles. The lowest BCUT2D eigenvalue weighted by Gasteiger charge is -2.45. The van der Waals surface area contributed by atoms with E-state index in [4.69, 9.17) is 13.1 Å². The third-order valence-electron chi connectivity index (χ3n) is 5.27. The van der Waals surface area contributed by atoms with Crippen molar-refractivity contribution < 1.29 is 31.4 Å². The van der Waals surface area contributed by atoms with Crippen LogP contribution in [0.5, 0.6) is 17.2 Å². The lowest BCUT2D eigenvalue weighted by atomic mass is 9.85. The van der Waals surface area contributed by atoms with Crippen LogP contribution in [0.25, 0.3) is 0 Å². The van der Waals surface area contributed by atoms with Crippen molar-refractivity contribution in [1.29, 1.82) is 0 Å². The SMILES string of the molecule is CC1(C)Oc2ccc(OS(=O)(=O)Oc3ccccc3)cc2[C@H](N2CCCC2=O)[C@H]1O. The molecule has 0 radical (unpaired) electrons. The second-order valence-electron chi connectivity index (χ2n) is 7.87. The fraction of sp³-hybridized carbons (Fsp3) is 0.381. The predicted octanol–water partition coefficient (Wildman–Crippen LogP) is 2.58. The highest BCUT2D eigenvalue weighted by molar-refractivity contribution is 7.82. The van der Waals surface area contributed by atoms with E-state index >= 15 is 0 Å². The molecule has 8 nitrogen and oxygen atoms in total. The first-order valence-corrected chi connectivity index (χ1v) is 11.0. The molecule has 2 aliphatic heterocycles. The van der Waals surface area contributed by atoms with Crippen LogP contribution in [0, 0.1) is 0 Å². The second-order valence-corrected chi connectivity index (χ2v) is 9.02. The van der Waals surface area contributed by atoms with E-state index in [1.165, 1.54) is 24.3 Å². The van der Waals surface area contributed by atoms with Gasteiger partial charge in [-0.1, -0.05) is 18.2 Å². The summed E-state index contributed by atoms with van der Waals surface area (Å²) in [5, 5.41) is 10.9. The third-order valence-corrected chi connectivity index (χ3v) is 6.06. The molecule has 0 saturated carbocycles. The number of carbonyl (C=O) groups is 1. The molecule has 0 unspecified atom stereocenters. The summed E-state index contributed by atoms with van der Waals surface area (Å²) in [6.45, 7) is 4.00. The van der Waals surface area contributed by atoms with Crippen LogP contribution in [0.4, 0.5) is 0 Å². The summed E-state index contributed by atoms with van der Waals surface area (Å²) < 4.78 is 40.6. The number of benzene rings is 2. The summed E-state index contributed by atoms with van der Waals surface area (Å²) in [4.78, 5) is 14.0. The first-order chi connectivity index (χ1) is 14.2. The van der Waals surface area contributed by atoms with Gasteiger partial charge in [0, 0.05) is 18.5 Å². The van der Waals surface area contributed by atoms with Crippen LogP contribution in [0.15, 0.2) is 48.5 Å². The topological polar surface area (TPSA) is 102 Å². The first-order valence-electron chi connectivity index (χ1n) is 9.66. The van der Waals surface area contributed by atoms with Crippen LogP contribution in [0.1, 0.15) is 38.3 Å². The first kappa shape index (κ1) is 20.5. The van der Waals surface area contributed by atoms with Crippen LogP contribution in [-0.4, -0.2) is 42.6 Å². The van der Waals surface area contributed by atoms with E-state index in [1.807, 2.05) is 0 Å². The van der Waals surface area contributed by atoms with Gasteiger partial charge in [-0.15, -0.1) is 8.42 Å². The van der Waals surface area contributed by atoms with Crippen LogP contribution in [0.3, 0.4) is 0 Å². The number of aliphatic hydroxyl groups excluding tert-OH is 1. The van der Waals surface area contributed by atoms with Crippen LogP contribution < -0.4 is 13.1 Å². The van der Waals surface area contributed by atoms with Crippen LogP contribution in [0.2, 0.25) is 0 Å². The highest BCUT2D eigenvalue weighted by Gasteiger charge is 2.47. The number of rotatable bonds is 5. The lowest BCUT2D eigenvalue weighted by Crippen LogP contribution is -2.53. The number of fused-ring (bicyclic) bond motifs is 1. The minimum absolute atomic E-state index is 0.00293. The van der Waals surface area contributed by atoms with Gasteiger partial charge in [0.25, 0.3) is 0 Å². The summed E-state index contributed by atoms with van der Waals surface area (Å²) >= 11 is 0. The van der Waals surface area contributed by atoms with Crippen molar-refractivity contribution in [3.05, 3.63) is 54.1 Å². The number of likely N-dealkylation sites (tertiary alicyclic amines) is 1. The van der Waals surface area contributed by atoms with Gasteiger partial charge in [-0.3, -0.25) is 4.79 Å². The van der Waals surface area contributed by atoms with Crippen molar-refractivity contribution in [3.8, 4) is 17.2 Å². The number of amides is 1. The number of carbonyl (C=O) groups excluding carboxylic acids is 1. The van der Waals surface area contributed by atoms with Gasteiger partial charge in [-0.05, 0) is 50.6 Å². The average molecular weight is 433 g/mol. The number of hydrogen-bond acceptors (Lipinski definition) is 7. The maximum absolute atomic E-state index is 12.4. The number of para-hydroxylation sites is 1. The average Bonchev–Trinajstić information content (AvgIpc) is 3.09. The molecule has 2 aliphatic rings. The fourth-order valence-electron chi connectivity index (χ4n) is 3.83. The molecule has 160 valence electrons. The summed E-state index contributed by atoms with van der Waals surface area (Å²) in [7, 11) is -4.38. The molecule has 1 fully saturated rings. The van der Waals surface area contributed by atoms with Gasteiger partial charge in [-0.2, -0.15) is 0 Å². The summed E-state index contributed by atoms with van der Waals surface area (Å²) in [6.07, 6.45) is 0.114. The molecule has 4 rings (SSSR count). The van der Waals surface area contributed by atoms with Crippen LogP contribution in [-0.2, 0) is 15.2 Å². The Hall–Kier alpha value is -2.78. The molecule has 1 amide bonds. The maximum Gasteiger partial charge on any atom is 0.500 e. The predicted molar refractivity (Wildman–Crippen MR) is 107 cm³/mol. The minimum atomic E-state index is -4.38. The van der Waals surface area contributed by atoms with E-state index in [1.54, 1.807) is 43.0 Å². The van der Waals surface area contributed by atoms with E-state index in [0.29, 0.717) is 30.7 Å². The minimum Gasteiger partial charge on any atom is -0.485 e. The Kier molecular flexibility index (Phi) is 5.11. The normalized spacial score (nSPS) is 22.9. The summed E-state index contributed by atoms with van der Waals surface area (Å²) in [5.74, 6) is 0.520. The van der Waals surface area contributed by atoms with Gasteiger partial charge in [0.15, 0.2) is 0 Å². The van der Waals surface area contributed by atoms with E-state index in [0.717, 1.165) is 0 Å². The molecule has 2 atom stereocenters. The zero-order valence-electron chi connectivity index (χ0n) is 16.6. The Morgan fingerprint density at radius 3 is 2.47 bits per heavy atom. The number of hydrogen-bond donors (Lipinski definition) is 1. The molecule has 0 spiro atoms. The Morgan fingerprint density at radius 2 is 1.80 bits per heavy atom. The zero-order chi connectivity index (χ0) is 21.5. The van der Waals surface area contributed by atoms with Gasteiger partial charge in [0.2, 0.25) is 5.91 Å².